The van der Waals surface area contributed by atoms with Crippen molar-refractivity contribution in [3.63, 3.8) is 0 Å². The largest absolute Gasteiger partial charge is 0.376 e. The van der Waals surface area contributed by atoms with Crippen LogP contribution < -0.4 is 0 Å². The molecule has 1 fully saturated rings. The second-order valence-electron chi connectivity index (χ2n) is 6.49. The highest BCUT2D eigenvalue weighted by Gasteiger charge is 2.22. The molecule has 0 radical (unpaired) electrons. The van der Waals surface area contributed by atoms with Crippen LogP contribution in [0.15, 0.2) is 34.8 Å². The number of thioether (sulfide) groups is 1. The quantitative estimate of drug-likeness (QED) is 0.435. The summed E-state index contributed by atoms with van der Waals surface area (Å²) in [6, 6.07) is 7.73. The summed E-state index contributed by atoms with van der Waals surface area (Å²) in [6.07, 6.45) is 2.39. The second kappa shape index (κ2) is 8.53. The van der Waals surface area contributed by atoms with Gasteiger partial charge in [0.25, 0.3) is 0 Å². The van der Waals surface area contributed by atoms with Gasteiger partial charge in [0.1, 0.15) is 0 Å². The third-order valence-electron chi connectivity index (χ3n) is 4.52. The van der Waals surface area contributed by atoms with Crippen LogP contribution in [0.5, 0.6) is 0 Å². The van der Waals surface area contributed by atoms with E-state index in [1.807, 2.05) is 18.2 Å². The summed E-state index contributed by atoms with van der Waals surface area (Å²) >= 11 is 16.0. The molecule has 0 bridgehead atoms. The van der Waals surface area contributed by atoms with Crippen LogP contribution in [0, 0.1) is 6.92 Å². The Morgan fingerprint density at radius 2 is 2.11 bits per heavy atom. The normalized spacial score (nSPS) is 16.9. The Hall–Kier alpha value is -1.05. The molecule has 0 N–H and O–H groups in total. The minimum Gasteiger partial charge on any atom is -0.376 e. The zero-order valence-corrected chi connectivity index (χ0v) is 18.0. The summed E-state index contributed by atoms with van der Waals surface area (Å²) in [5, 5.41) is 13.3. The Kier molecular flexibility index (Phi) is 6.09. The van der Waals surface area contributed by atoms with Crippen molar-refractivity contribution < 1.29 is 4.74 Å². The minimum absolute atomic E-state index is 0.211. The first kappa shape index (κ1) is 19.3. The lowest BCUT2D eigenvalue weighted by Gasteiger charge is -2.14. The Labute approximate surface area is 176 Å². The van der Waals surface area contributed by atoms with Crippen molar-refractivity contribution in [2.24, 2.45) is 0 Å². The number of halogens is 2. The van der Waals surface area contributed by atoms with Crippen LogP contribution in [-0.2, 0) is 17.0 Å². The number of rotatable bonds is 6. The number of hydrogen-bond acceptors (Lipinski definition) is 5. The fraction of sp³-hybridized carbons (Fsp3) is 0.368. The van der Waals surface area contributed by atoms with Gasteiger partial charge in [0, 0.05) is 38.2 Å². The van der Waals surface area contributed by atoms with Crippen molar-refractivity contribution in [2.45, 2.75) is 43.3 Å². The summed E-state index contributed by atoms with van der Waals surface area (Å²) < 4.78 is 8.03. The molecule has 1 unspecified atom stereocenters. The minimum atomic E-state index is 0.211. The van der Waals surface area contributed by atoms with Gasteiger partial charge in [0.2, 0.25) is 0 Å². The topological polar surface area (TPSA) is 39.9 Å². The molecule has 1 aliphatic rings. The van der Waals surface area contributed by atoms with Crippen molar-refractivity contribution in [3.05, 3.63) is 50.1 Å². The molecule has 0 spiro atoms. The summed E-state index contributed by atoms with van der Waals surface area (Å²) in [7, 11) is 0. The second-order valence-corrected chi connectivity index (χ2v) is 9.36. The van der Waals surface area contributed by atoms with E-state index in [2.05, 4.69) is 33.1 Å². The van der Waals surface area contributed by atoms with Crippen LogP contribution in [-0.4, -0.2) is 27.5 Å². The van der Waals surface area contributed by atoms with Crippen molar-refractivity contribution in [1.29, 1.82) is 0 Å². The molecule has 4 rings (SSSR count). The molecule has 0 aliphatic carbocycles. The van der Waals surface area contributed by atoms with Crippen LogP contribution >= 0.6 is 46.3 Å². The maximum absolute atomic E-state index is 6.32. The monoisotopic (exact) mass is 439 g/mol. The fourth-order valence-corrected chi connectivity index (χ4v) is 5.50. The molecule has 1 atom stereocenters. The molecule has 142 valence electrons. The predicted octanol–water partition coefficient (Wildman–Crippen LogP) is 6.09. The van der Waals surface area contributed by atoms with Gasteiger partial charge < -0.3 is 4.74 Å². The fourth-order valence-electron chi connectivity index (χ4n) is 3.13. The van der Waals surface area contributed by atoms with Gasteiger partial charge in [-0.1, -0.05) is 41.0 Å². The van der Waals surface area contributed by atoms with Gasteiger partial charge in [-0.3, -0.25) is 4.57 Å². The van der Waals surface area contributed by atoms with Gasteiger partial charge in [0.15, 0.2) is 11.0 Å². The van der Waals surface area contributed by atoms with Gasteiger partial charge in [-0.15, -0.1) is 21.5 Å². The lowest BCUT2D eigenvalue weighted by molar-refractivity contribution is 0.0953. The van der Waals surface area contributed by atoms with Gasteiger partial charge in [0.05, 0.1) is 12.6 Å². The smallest absolute Gasteiger partial charge is 0.191 e. The Balaban J connectivity index is 1.62. The van der Waals surface area contributed by atoms with Crippen LogP contribution in [0.1, 0.15) is 23.3 Å². The molecular formula is C19H19Cl2N3OS2. The van der Waals surface area contributed by atoms with E-state index in [-0.39, 0.29) is 6.10 Å². The van der Waals surface area contributed by atoms with Crippen molar-refractivity contribution >= 4 is 46.3 Å². The molecular weight excluding hydrogens is 421 g/mol. The maximum atomic E-state index is 6.32. The molecule has 4 nitrogen and oxygen atoms in total. The number of hydrogen-bond donors (Lipinski definition) is 0. The molecule has 3 aromatic rings. The van der Waals surface area contributed by atoms with Crippen LogP contribution in [0.4, 0.5) is 0 Å². The zero-order chi connectivity index (χ0) is 18.8. The van der Waals surface area contributed by atoms with E-state index in [0.29, 0.717) is 15.8 Å². The molecule has 1 saturated heterocycles. The highest BCUT2D eigenvalue weighted by atomic mass is 35.5. The van der Waals surface area contributed by atoms with Crippen LogP contribution in [0.2, 0.25) is 10.0 Å². The van der Waals surface area contributed by atoms with Gasteiger partial charge in [-0.2, -0.15) is 0 Å². The van der Waals surface area contributed by atoms with E-state index in [1.54, 1.807) is 23.1 Å². The molecule has 3 heterocycles. The third kappa shape index (κ3) is 4.35. The van der Waals surface area contributed by atoms with E-state index < -0.39 is 0 Å². The van der Waals surface area contributed by atoms with Gasteiger partial charge in [-0.05, 0) is 43.5 Å². The highest BCUT2D eigenvalue weighted by Crippen LogP contribution is 2.33. The lowest BCUT2D eigenvalue weighted by atomic mass is 10.2. The number of nitrogens with zero attached hydrogens (tertiary/aromatic N) is 3. The highest BCUT2D eigenvalue weighted by molar-refractivity contribution is 7.98. The van der Waals surface area contributed by atoms with E-state index in [4.69, 9.17) is 27.9 Å². The molecule has 1 aliphatic heterocycles. The Morgan fingerprint density at radius 3 is 2.78 bits per heavy atom. The lowest BCUT2D eigenvalue weighted by Crippen LogP contribution is -2.16. The number of benzene rings is 1. The van der Waals surface area contributed by atoms with Crippen molar-refractivity contribution in [2.75, 3.05) is 6.61 Å². The Morgan fingerprint density at radius 1 is 1.30 bits per heavy atom. The first-order valence-electron chi connectivity index (χ1n) is 8.78. The third-order valence-corrected chi connectivity index (χ3v) is 7.09. The summed E-state index contributed by atoms with van der Waals surface area (Å²) in [4.78, 5) is 1.26. The maximum Gasteiger partial charge on any atom is 0.191 e. The molecule has 0 saturated carbocycles. The van der Waals surface area contributed by atoms with Crippen LogP contribution in [0.3, 0.4) is 0 Å². The first-order valence-corrected chi connectivity index (χ1v) is 11.4. The molecule has 27 heavy (non-hydrogen) atoms. The SMILES string of the molecule is Cc1cc(-c2nnc(SCc3c(Cl)cccc3Cl)n2CC2CCCO2)cs1. The van der Waals surface area contributed by atoms with E-state index in [0.717, 1.165) is 48.1 Å². The molecule has 8 heteroatoms. The van der Waals surface area contributed by atoms with E-state index in [1.165, 1.54) is 4.88 Å². The van der Waals surface area contributed by atoms with E-state index in [9.17, 15) is 0 Å². The Bertz CT molecular complexity index is 915. The van der Waals surface area contributed by atoms with Crippen LogP contribution in [0.25, 0.3) is 11.4 Å². The summed E-state index contributed by atoms with van der Waals surface area (Å²) in [5.41, 5.74) is 2.02. The number of thiophene rings is 1. The van der Waals surface area contributed by atoms with Crippen molar-refractivity contribution in [1.82, 2.24) is 14.8 Å². The predicted molar refractivity (Wildman–Crippen MR) is 113 cm³/mol. The molecule has 2 aromatic heterocycles. The average molecular weight is 440 g/mol. The number of aromatic nitrogens is 3. The summed E-state index contributed by atoms with van der Waals surface area (Å²) in [6.45, 7) is 3.69. The number of aryl methyl sites for hydroxylation is 1. The molecule has 0 amide bonds. The van der Waals surface area contributed by atoms with Gasteiger partial charge >= 0.3 is 0 Å². The van der Waals surface area contributed by atoms with E-state index >= 15 is 0 Å². The average Bonchev–Trinajstić information content (AvgIpc) is 3.37. The van der Waals surface area contributed by atoms with Gasteiger partial charge in [-0.25, -0.2) is 0 Å². The number of ether oxygens (including phenoxy) is 1. The standard InChI is InChI=1S/C19H19Cl2N3OS2/c1-12-8-13(10-26-12)18-22-23-19(24(18)9-14-4-3-7-25-14)27-11-15-16(20)5-2-6-17(15)21/h2,5-6,8,10,14H,3-4,7,9,11H2,1H3. The summed E-state index contributed by atoms with van der Waals surface area (Å²) in [5.74, 6) is 1.53. The van der Waals surface area contributed by atoms with Crippen molar-refractivity contribution in [3.8, 4) is 11.4 Å². The zero-order valence-electron chi connectivity index (χ0n) is 14.8. The molecule has 1 aromatic carbocycles. The first-order chi connectivity index (χ1) is 13.1.